The van der Waals surface area contributed by atoms with Crippen molar-refractivity contribution in [3.05, 3.63) is 47.5 Å². The molecule has 0 unspecified atom stereocenters. The Bertz CT molecular complexity index is 632. The van der Waals surface area contributed by atoms with Gasteiger partial charge in [-0.2, -0.15) is 0 Å². The number of nitrogens with one attached hydrogen (secondary N) is 2. The molecule has 0 aromatic heterocycles. The summed E-state index contributed by atoms with van der Waals surface area (Å²) in [7, 11) is 1.57. The first kappa shape index (κ1) is 14.0. The monoisotopic (exact) mass is 291 g/mol. The minimum Gasteiger partial charge on any atom is -0.497 e. The van der Waals surface area contributed by atoms with Gasteiger partial charge in [-0.1, -0.05) is 17.7 Å². The van der Waals surface area contributed by atoms with Crippen molar-refractivity contribution in [3.63, 3.8) is 0 Å². The van der Waals surface area contributed by atoms with Crippen LogP contribution >= 0.6 is 11.6 Å². The van der Waals surface area contributed by atoms with Gasteiger partial charge in [0, 0.05) is 17.4 Å². The Labute approximate surface area is 121 Å². The maximum Gasteiger partial charge on any atom is 0.323 e. The van der Waals surface area contributed by atoms with Crippen molar-refractivity contribution < 1.29 is 9.53 Å². The van der Waals surface area contributed by atoms with E-state index in [1.165, 1.54) is 0 Å². The zero-order chi connectivity index (χ0) is 14.5. The number of hydrogen-bond acceptors (Lipinski definition) is 3. The molecular weight excluding hydrogens is 278 g/mol. The molecule has 0 aliphatic heterocycles. The van der Waals surface area contributed by atoms with Gasteiger partial charge in [0.25, 0.3) is 0 Å². The van der Waals surface area contributed by atoms with E-state index in [0.717, 1.165) is 0 Å². The van der Waals surface area contributed by atoms with Crippen LogP contribution in [0.5, 0.6) is 5.75 Å². The molecule has 0 heterocycles. The molecule has 0 radical (unpaired) electrons. The highest BCUT2D eigenvalue weighted by Crippen LogP contribution is 2.23. The van der Waals surface area contributed by atoms with Gasteiger partial charge in [-0.25, -0.2) is 4.79 Å². The number of rotatable bonds is 3. The van der Waals surface area contributed by atoms with Gasteiger partial charge < -0.3 is 21.1 Å². The smallest absolute Gasteiger partial charge is 0.323 e. The standard InChI is InChI=1S/C14H14ClN3O2/c1-20-11-4-2-3-9(7-11)17-14(19)18-10-5-6-13(16)12(15)8-10/h2-8H,16H2,1H3,(H2,17,18,19). The normalized spacial score (nSPS) is 9.90. The van der Waals surface area contributed by atoms with Gasteiger partial charge in [-0.3, -0.25) is 0 Å². The SMILES string of the molecule is COc1cccc(NC(=O)Nc2ccc(N)c(Cl)c2)c1. The number of carbonyl (C=O) groups excluding carboxylic acids is 1. The Hall–Kier alpha value is -2.40. The van der Waals surface area contributed by atoms with E-state index in [0.29, 0.717) is 27.8 Å². The summed E-state index contributed by atoms with van der Waals surface area (Å²) in [6.45, 7) is 0. The fraction of sp³-hybridized carbons (Fsp3) is 0.0714. The highest BCUT2D eigenvalue weighted by Gasteiger charge is 2.05. The second-order valence-corrected chi connectivity index (χ2v) is 4.45. The Balaban J connectivity index is 2.03. The third-order valence-corrected chi connectivity index (χ3v) is 2.91. The number of carbonyl (C=O) groups is 1. The maximum absolute atomic E-state index is 11.8. The molecule has 0 saturated heterocycles. The van der Waals surface area contributed by atoms with Crippen LogP contribution in [-0.4, -0.2) is 13.1 Å². The molecule has 4 N–H and O–H groups in total. The molecule has 5 nitrogen and oxygen atoms in total. The minimum absolute atomic E-state index is 0.376. The minimum atomic E-state index is -0.376. The summed E-state index contributed by atoms with van der Waals surface area (Å²) in [5, 5.41) is 5.75. The van der Waals surface area contributed by atoms with Gasteiger partial charge in [0.05, 0.1) is 17.8 Å². The van der Waals surface area contributed by atoms with E-state index in [2.05, 4.69) is 10.6 Å². The molecule has 2 aromatic carbocycles. The molecule has 0 aliphatic carbocycles. The van der Waals surface area contributed by atoms with Crippen LogP contribution in [0.4, 0.5) is 21.9 Å². The third-order valence-electron chi connectivity index (χ3n) is 2.59. The fourth-order valence-corrected chi connectivity index (χ4v) is 1.78. The zero-order valence-electron chi connectivity index (χ0n) is 10.8. The number of nitrogen functional groups attached to an aromatic ring is 1. The highest BCUT2D eigenvalue weighted by molar-refractivity contribution is 6.33. The number of hydrogen-bond donors (Lipinski definition) is 3. The number of ether oxygens (including phenoxy) is 1. The van der Waals surface area contributed by atoms with Crippen molar-refractivity contribution in [2.45, 2.75) is 0 Å². The molecule has 2 aromatic rings. The molecule has 0 bridgehead atoms. The predicted octanol–water partition coefficient (Wildman–Crippen LogP) is 3.57. The molecule has 0 saturated carbocycles. The van der Waals surface area contributed by atoms with Crippen LogP contribution in [-0.2, 0) is 0 Å². The first-order valence-electron chi connectivity index (χ1n) is 5.85. The summed E-state index contributed by atoms with van der Waals surface area (Å²) >= 11 is 5.88. The van der Waals surface area contributed by atoms with Crippen molar-refractivity contribution in [1.29, 1.82) is 0 Å². The number of methoxy groups -OCH3 is 1. The molecular formula is C14H14ClN3O2. The summed E-state index contributed by atoms with van der Waals surface area (Å²) in [5.74, 6) is 0.665. The fourth-order valence-electron chi connectivity index (χ4n) is 1.60. The molecule has 0 aliphatic rings. The molecule has 2 amide bonds. The van der Waals surface area contributed by atoms with Gasteiger partial charge in [0.15, 0.2) is 0 Å². The van der Waals surface area contributed by atoms with Gasteiger partial charge in [-0.15, -0.1) is 0 Å². The van der Waals surface area contributed by atoms with Crippen LogP contribution in [0.1, 0.15) is 0 Å². The Morgan fingerprint density at radius 3 is 2.50 bits per heavy atom. The van der Waals surface area contributed by atoms with E-state index in [9.17, 15) is 4.79 Å². The largest absolute Gasteiger partial charge is 0.497 e. The van der Waals surface area contributed by atoms with E-state index in [1.807, 2.05) is 0 Å². The lowest BCUT2D eigenvalue weighted by Crippen LogP contribution is -2.19. The molecule has 20 heavy (non-hydrogen) atoms. The van der Waals surface area contributed by atoms with Crippen LogP contribution in [0.2, 0.25) is 5.02 Å². The molecule has 104 valence electrons. The number of nitrogens with two attached hydrogens (primary N) is 1. The topological polar surface area (TPSA) is 76.4 Å². The Morgan fingerprint density at radius 2 is 1.85 bits per heavy atom. The summed E-state index contributed by atoms with van der Waals surface area (Å²) in [6, 6.07) is 11.6. The van der Waals surface area contributed by atoms with Crippen LogP contribution in [0.15, 0.2) is 42.5 Å². The highest BCUT2D eigenvalue weighted by atomic mass is 35.5. The maximum atomic E-state index is 11.8. The average molecular weight is 292 g/mol. The predicted molar refractivity (Wildman–Crippen MR) is 81.5 cm³/mol. The van der Waals surface area contributed by atoms with Crippen molar-refractivity contribution in [2.24, 2.45) is 0 Å². The molecule has 0 spiro atoms. The second kappa shape index (κ2) is 6.16. The van der Waals surface area contributed by atoms with Crippen molar-refractivity contribution in [2.75, 3.05) is 23.5 Å². The average Bonchev–Trinajstić information content (AvgIpc) is 2.43. The number of amides is 2. The quantitative estimate of drug-likeness (QED) is 0.757. The number of anilines is 3. The van der Waals surface area contributed by atoms with Gasteiger partial charge in [-0.05, 0) is 30.3 Å². The van der Waals surface area contributed by atoms with Gasteiger partial charge >= 0.3 is 6.03 Å². The van der Waals surface area contributed by atoms with Crippen LogP contribution in [0.25, 0.3) is 0 Å². The van der Waals surface area contributed by atoms with Crippen molar-refractivity contribution >= 4 is 34.7 Å². The summed E-state index contributed by atoms with van der Waals surface area (Å²) in [6.07, 6.45) is 0. The first-order valence-corrected chi connectivity index (χ1v) is 6.23. The lowest BCUT2D eigenvalue weighted by molar-refractivity contribution is 0.262. The summed E-state index contributed by atoms with van der Waals surface area (Å²) < 4.78 is 5.08. The van der Waals surface area contributed by atoms with Crippen molar-refractivity contribution in [3.8, 4) is 5.75 Å². The molecule has 0 fully saturated rings. The molecule has 2 rings (SSSR count). The van der Waals surface area contributed by atoms with E-state index < -0.39 is 0 Å². The van der Waals surface area contributed by atoms with Crippen LogP contribution in [0.3, 0.4) is 0 Å². The number of benzene rings is 2. The lowest BCUT2D eigenvalue weighted by atomic mass is 10.3. The summed E-state index contributed by atoms with van der Waals surface area (Å²) in [5.41, 5.74) is 7.25. The molecule has 0 atom stereocenters. The van der Waals surface area contributed by atoms with E-state index in [1.54, 1.807) is 49.6 Å². The first-order chi connectivity index (χ1) is 9.58. The van der Waals surface area contributed by atoms with E-state index in [4.69, 9.17) is 22.1 Å². The summed E-state index contributed by atoms with van der Waals surface area (Å²) in [4.78, 5) is 11.8. The number of halogens is 1. The lowest BCUT2D eigenvalue weighted by Gasteiger charge is -2.09. The number of urea groups is 1. The second-order valence-electron chi connectivity index (χ2n) is 4.05. The van der Waals surface area contributed by atoms with E-state index in [-0.39, 0.29) is 6.03 Å². The van der Waals surface area contributed by atoms with E-state index >= 15 is 0 Å². The molecule has 6 heteroatoms. The van der Waals surface area contributed by atoms with Gasteiger partial charge in [0.1, 0.15) is 5.75 Å². The third kappa shape index (κ3) is 3.55. The van der Waals surface area contributed by atoms with Crippen LogP contribution < -0.4 is 21.1 Å². The van der Waals surface area contributed by atoms with Crippen LogP contribution in [0, 0.1) is 0 Å². The Kier molecular flexibility index (Phi) is 4.32. The van der Waals surface area contributed by atoms with Crippen molar-refractivity contribution in [1.82, 2.24) is 0 Å². The Morgan fingerprint density at radius 1 is 1.15 bits per heavy atom. The zero-order valence-corrected chi connectivity index (χ0v) is 11.6. The van der Waals surface area contributed by atoms with Gasteiger partial charge in [0.2, 0.25) is 0 Å².